The van der Waals surface area contributed by atoms with Gasteiger partial charge in [0.2, 0.25) is 5.91 Å². The van der Waals surface area contributed by atoms with Crippen molar-refractivity contribution in [2.75, 3.05) is 13.2 Å². The second-order valence-electron chi connectivity index (χ2n) is 18.6. The lowest BCUT2D eigenvalue weighted by atomic mass is 10.0. The fraction of sp³-hybridized carbons (Fsp3) is 0.857. The zero-order chi connectivity index (χ0) is 45.1. The molecule has 0 aliphatic heterocycles. The molecule has 0 aromatic heterocycles. The molecule has 2 atom stereocenters. The summed E-state index contributed by atoms with van der Waals surface area (Å²) in [6.45, 7) is 4.85. The number of unbranched alkanes of at least 4 members (excludes halogenated alkanes) is 35. The zero-order valence-electron chi connectivity index (χ0n) is 41.4. The summed E-state index contributed by atoms with van der Waals surface area (Å²) in [7, 11) is 0. The molecule has 0 fully saturated rings. The first-order valence-corrected chi connectivity index (χ1v) is 27.3. The van der Waals surface area contributed by atoms with Crippen molar-refractivity contribution < 1.29 is 24.5 Å². The Morgan fingerprint density at radius 2 is 0.806 bits per heavy atom. The number of aliphatic hydroxyl groups is 2. The predicted molar refractivity (Wildman–Crippen MR) is 269 cm³/mol. The van der Waals surface area contributed by atoms with Crippen LogP contribution in [0.25, 0.3) is 0 Å². The summed E-state index contributed by atoms with van der Waals surface area (Å²) >= 11 is 0. The summed E-state index contributed by atoms with van der Waals surface area (Å²) in [6, 6.07) is -0.636. The van der Waals surface area contributed by atoms with Crippen molar-refractivity contribution in [3.8, 4) is 0 Å². The lowest BCUT2D eigenvalue weighted by Gasteiger charge is -2.20. The third-order valence-electron chi connectivity index (χ3n) is 12.4. The predicted octanol–water partition coefficient (Wildman–Crippen LogP) is 16.5. The number of hydrogen-bond donors (Lipinski definition) is 3. The van der Waals surface area contributed by atoms with Crippen LogP contribution in [0.1, 0.15) is 284 Å². The first-order valence-electron chi connectivity index (χ1n) is 27.3. The van der Waals surface area contributed by atoms with Crippen molar-refractivity contribution in [3.63, 3.8) is 0 Å². The van der Waals surface area contributed by atoms with Crippen LogP contribution >= 0.6 is 0 Å². The van der Waals surface area contributed by atoms with Gasteiger partial charge in [0.1, 0.15) is 0 Å². The van der Waals surface area contributed by atoms with Crippen LogP contribution in [0.15, 0.2) is 36.5 Å². The molecule has 0 bridgehead atoms. The van der Waals surface area contributed by atoms with E-state index < -0.39 is 12.1 Å². The molecule has 0 aromatic carbocycles. The number of esters is 1. The Bertz CT molecular complexity index is 1010. The quantitative estimate of drug-likeness (QED) is 0.0321. The Labute approximate surface area is 385 Å². The number of carbonyl (C=O) groups is 2. The van der Waals surface area contributed by atoms with Gasteiger partial charge in [0, 0.05) is 12.8 Å². The molecule has 0 aliphatic rings. The molecule has 3 N–H and O–H groups in total. The van der Waals surface area contributed by atoms with E-state index in [1.807, 2.05) is 6.08 Å². The second kappa shape index (κ2) is 51.7. The van der Waals surface area contributed by atoms with Gasteiger partial charge in [-0.25, -0.2) is 0 Å². The number of aliphatic hydroxyl groups excluding tert-OH is 2. The van der Waals surface area contributed by atoms with E-state index in [9.17, 15) is 19.8 Å². The third kappa shape index (κ3) is 47.6. The van der Waals surface area contributed by atoms with Crippen molar-refractivity contribution in [1.29, 1.82) is 0 Å². The zero-order valence-corrected chi connectivity index (χ0v) is 41.4. The Kier molecular flexibility index (Phi) is 50.1. The highest BCUT2D eigenvalue weighted by atomic mass is 16.5. The smallest absolute Gasteiger partial charge is 0.305 e. The van der Waals surface area contributed by atoms with Crippen molar-refractivity contribution in [2.24, 2.45) is 0 Å². The van der Waals surface area contributed by atoms with Crippen LogP contribution in [0.2, 0.25) is 0 Å². The summed E-state index contributed by atoms with van der Waals surface area (Å²) in [5.74, 6) is -0.0906. The summed E-state index contributed by atoms with van der Waals surface area (Å²) in [5, 5.41) is 23.1. The summed E-state index contributed by atoms with van der Waals surface area (Å²) < 4.78 is 5.47. The molecule has 0 heterocycles. The highest BCUT2D eigenvalue weighted by molar-refractivity contribution is 5.76. The molecule has 1 amide bonds. The van der Waals surface area contributed by atoms with Gasteiger partial charge in [-0.05, 0) is 64.2 Å². The van der Waals surface area contributed by atoms with Gasteiger partial charge in [0.25, 0.3) is 0 Å². The van der Waals surface area contributed by atoms with Gasteiger partial charge in [0.15, 0.2) is 0 Å². The molecule has 0 saturated heterocycles. The first kappa shape index (κ1) is 60.1. The molecule has 2 unspecified atom stereocenters. The molecule has 0 rings (SSSR count). The molecular weight excluding hydrogens is 767 g/mol. The van der Waals surface area contributed by atoms with Gasteiger partial charge in [-0.3, -0.25) is 9.59 Å². The maximum absolute atomic E-state index is 12.4. The summed E-state index contributed by atoms with van der Waals surface area (Å²) in [6.07, 6.45) is 62.9. The van der Waals surface area contributed by atoms with Crippen LogP contribution in [-0.4, -0.2) is 47.4 Å². The lowest BCUT2D eigenvalue weighted by Crippen LogP contribution is -2.45. The number of allylic oxidation sites excluding steroid dienone is 5. The number of nitrogens with one attached hydrogen (secondary N) is 1. The van der Waals surface area contributed by atoms with Gasteiger partial charge in [-0.1, -0.05) is 243 Å². The maximum Gasteiger partial charge on any atom is 0.305 e. The van der Waals surface area contributed by atoms with Crippen LogP contribution in [0, 0.1) is 0 Å². The number of hydrogen-bond acceptors (Lipinski definition) is 5. The van der Waals surface area contributed by atoms with E-state index in [0.29, 0.717) is 19.4 Å². The Hall–Kier alpha value is -1.92. The molecule has 62 heavy (non-hydrogen) atoms. The average molecular weight is 872 g/mol. The SMILES string of the molecule is CCCCC/C=C\C/C=C\CCCCCCCCCC(=O)OCCCCCCCCCCCCCCCCC(=O)NC(CO)C(O)/C=C/CCCCCCCCCCCCCC. The van der Waals surface area contributed by atoms with Crippen LogP contribution < -0.4 is 5.32 Å². The first-order chi connectivity index (χ1) is 30.5. The minimum atomic E-state index is -0.851. The molecule has 0 saturated carbocycles. The van der Waals surface area contributed by atoms with E-state index in [-0.39, 0.29) is 18.5 Å². The fourth-order valence-corrected chi connectivity index (χ4v) is 8.19. The lowest BCUT2D eigenvalue weighted by molar-refractivity contribution is -0.143. The third-order valence-corrected chi connectivity index (χ3v) is 12.4. The van der Waals surface area contributed by atoms with Gasteiger partial charge in [-0.15, -0.1) is 0 Å². The Morgan fingerprint density at radius 1 is 0.452 bits per heavy atom. The van der Waals surface area contributed by atoms with E-state index in [1.54, 1.807) is 6.08 Å². The summed E-state index contributed by atoms with van der Waals surface area (Å²) in [5.41, 5.74) is 0. The van der Waals surface area contributed by atoms with Crippen LogP contribution in [-0.2, 0) is 14.3 Å². The monoisotopic (exact) mass is 872 g/mol. The van der Waals surface area contributed by atoms with E-state index in [1.165, 1.54) is 193 Å². The van der Waals surface area contributed by atoms with Crippen LogP contribution in [0.3, 0.4) is 0 Å². The Morgan fingerprint density at radius 3 is 1.26 bits per heavy atom. The van der Waals surface area contributed by atoms with Gasteiger partial charge in [0.05, 0.1) is 25.4 Å². The highest BCUT2D eigenvalue weighted by Crippen LogP contribution is 2.16. The fourth-order valence-electron chi connectivity index (χ4n) is 8.19. The molecule has 6 heteroatoms. The molecular formula is C56H105NO5. The van der Waals surface area contributed by atoms with E-state index in [2.05, 4.69) is 43.5 Å². The van der Waals surface area contributed by atoms with Gasteiger partial charge < -0.3 is 20.3 Å². The van der Waals surface area contributed by atoms with Crippen LogP contribution in [0.4, 0.5) is 0 Å². The normalized spacial score (nSPS) is 12.9. The molecule has 364 valence electrons. The van der Waals surface area contributed by atoms with Crippen molar-refractivity contribution in [3.05, 3.63) is 36.5 Å². The number of ether oxygens (including phenoxy) is 1. The van der Waals surface area contributed by atoms with Crippen molar-refractivity contribution >= 4 is 11.9 Å². The molecule has 0 radical (unpaired) electrons. The summed E-state index contributed by atoms with van der Waals surface area (Å²) in [4.78, 5) is 24.5. The Balaban J connectivity index is 3.47. The van der Waals surface area contributed by atoms with Gasteiger partial charge >= 0.3 is 5.97 Å². The van der Waals surface area contributed by atoms with Crippen molar-refractivity contribution in [1.82, 2.24) is 5.32 Å². The largest absolute Gasteiger partial charge is 0.466 e. The molecule has 0 aromatic rings. The number of rotatable bonds is 50. The standard InChI is InChI=1S/C56H105NO5/c1-3-5-7-9-11-13-15-17-19-20-21-26-30-34-38-42-46-50-56(61)62-51-47-43-39-35-31-27-23-22-25-29-33-37-41-45-49-55(60)57-53(52-58)54(59)48-44-40-36-32-28-24-18-16-14-12-10-8-6-4-2/h11,13,17,19,44,48,53-54,58-59H,3-10,12,14-16,18,20-43,45-47,49-52H2,1-2H3,(H,57,60)/b13-11-,19-17-,48-44+. The molecule has 0 spiro atoms. The highest BCUT2D eigenvalue weighted by Gasteiger charge is 2.18. The van der Waals surface area contributed by atoms with E-state index in [4.69, 9.17) is 4.74 Å². The average Bonchev–Trinajstić information content (AvgIpc) is 3.27. The minimum absolute atomic E-state index is 0.0115. The second-order valence-corrected chi connectivity index (χ2v) is 18.6. The molecule has 6 nitrogen and oxygen atoms in total. The van der Waals surface area contributed by atoms with Crippen molar-refractivity contribution in [2.45, 2.75) is 296 Å². The topological polar surface area (TPSA) is 95.9 Å². The van der Waals surface area contributed by atoms with Crippen LogP contribution in [0.5, 0.6) is 0 Å². The number of carbonyl (C=O) groups excluding carboxylic acids is 2. The van der Waals surface area contributed by atoms with Gasteiger partial charge in [-0.2, -0.15) is 0 Å². The maximum atomic E-state index is 12.4. The number of amides is 1. The van der Waals surface area contributed by atoms with E-state index in [0.717, 1.165) is 64.2 Å². The van der Waals surface area contributed by atoms with E-state index >= 15 is 0 Å². The minimum Gasteiger partial charge on any atom is -0.466 e. The molecule has 0 aliphatic carbocycles.